The lowest BCUT2D eigenvalue weighted by Gasteiger charge is -2.35. The van der Waals surface area contributed by atoms with E-state index in [1.54, 1.807) is 0 Å². The van der Waals surface area contributed by atoms with E-state index in [0.717, 1.165) is 25.9 Å². The first kappa shape index (κ1) is 12.8. The third-order valence-corrected chi connectivity index (χ3v) is 5.50. The summed E-state index contributed by atoms with van der Waals surface area (Å²) in [5.74, 6) is -0.251. The number of rotatable bonds is 2. The van der Waals surface area contributed by atoms with E-state index in [2.05, 4.69) is 10.6 Å². The molecule has 2 aliphatic rings. The number of nitrogens with one attached hydrogen (secondary N) is 2. The van der Waals surface area contributed by atoms with E-state index in [9.17, 15) is 13.2 Å². The second-order valence-electron chi connectivity index (χ2n) is 5.40. The molecule has 2 aliphatic heterocycles. The fourth-order valence-corrected chi connectivity index (χ4v) is 4.25. The van der Waals surface area contributed by atoms with Crippen LogP contribution in [0.1, 0.15) is 26.2 Å². The van der Waals surface area contributed by atoms with Crippen LogP contribution in [-0.2, 0) is 14.6 Å². The summed E-state index contributed by atoms with van der Waals surface area (Å²) in [7, 11) is -2.97. The lowest BCUT2D eigenvalue weighted by Crippen LogP contribution is -2.53. The van der Waals surface area contributed by atoms with Crippen molar-refractivity contribution in [3.63, 3.8) is 0 Å². The lowest BCUT2D eigenvalue weighted by atomic mass is 9.90. The Kier molecular flexibility index (Phi) is 3.45. The van der Waals surface area contributed by atoms with Crippen molar-refractivity contribution in [3.8, 4) is 0 Å². The van der Waals surface area contributed by atoms with Crippen molar-refractivity contribution in [2.75, 3.05) is 24.6 Å². The van der Waals surface area contributed by atoms with Crippen LogP contribution in [0.25, 0.3) is 0 Å². The molecule has 0 aromatic carbocycles. The van der Waals surface area contributed by atoms with Gasteiger partial charge in [0.25, 0.3) is 0 Å². The molecule has 6 heteroatoms. The van der Waals surface area contributed by atoms with Crippen LogP contribution in [0, 0.1) is 5.92 Å². The summed E-state index contributed by atoms with van der Waals surface area (Å²) in [5, 5.41) is 6.28. The lowest BCUT2D eigenvalue weighted by molar-refractivity contribution is -0.126. The number of carbonyl (C=O) groups is 1. The molecule has 0 saturated carbocycles. The predicted octanol–water partition coefficient (Wildman–Crippen LogP) is -0.321. The molecule has 2 rings (SSSR count). The summed E-state index contributed by atoms with van der Waals surface area (Å²) in [5.41, 5.74) is -0.172. The zero-order chi connectivity index (χ0) is 12.5. The molecule has 0 aromatic heterocycles. The standard InChI is InChI=1S/C11H20N2O3S/c1-11(3-5-12-6-4-11)13-10(14)9-2-7-17(15,16)8-9/h9,12H,2-8H2,1H3,(H,13,14). The predicted molar refractivity (Wildman–Crippen MR) is 65.4 cm³/mol. The molecule has 17 heavy (non-hydrogen) atoms. The monoisotopic (exact) mass is 260 g/mol. The molecule has 0 aromatic rings. The molecule has 2 N–H and O–H groups in total. The topological polar surface area (TPSA) is 75.3 Å². The van der Waals surface area contributed by atoms with Gasteiger partial charge in [0.2, 0.25) is 5.91 Å². The van der Waals surface area contributed by atoms with E-state index < -0.39 is 9.84 Å². The van der Waals surface area contributed by atoms with Gasteiger partial charge in [-0.2, -0.15) is 0 Å². The Bertz CT molecular complexity index is 399. The van der Waals surface area contributed by atoms with Gasteiger partial charge < -0.3 is 10.6 Å². The maximum Gasteiger partial charge on any atom is 0.224 e. The molecule has 0 spiro atoms. The average molecular weight is 260 g/mol. The molecule has 98 valence electrons. The van der Waals surface area contributed by atoms with Gasteiger partial charge in [0.1, 0.15) is 0 Å². The van der Waals surface area contributed by atoms with Gasteiger partial charge in [0, 0.05) is 5.54 Å². The van der Waals surface area contributed by atoms with E-state index in [-0.39, 0.29) is 28.9 Å². The van der Waals surface area contributed by atoms with Crippen LogP contribution < -0.4 is 10.6 Å². The van der Waals surface area contributed by atoms with Crippen molar-refractivity contribution in [2.24, 2.45) is 5.92 Å². The Balaban J connectivity index is 1.93. The van der Waals surface area contributed by atoms with Crippen LogP contribution in [-0.4, -0.2) is 44.5 Å². The maximum atomic E-state index is 12.0. The number of amides is 1. The molecule has 0 bridgehead atoms. The molecule has 1 unspecified atom stereocenters. The van der Waals surface area contributed by atoms with Crippen molar-refractivity contribution in [2.45, 2.75) is 31.7 Å². The number of hydrogen-bond acceptors (Lipinski definition) is 4. The van der Waals surface area contributed by atoms with Crippen LogP contribution in [0.15, 0.2) is 0 Å². The Labute approximate surface area is 102 Å². The largest absolute Gasteiger partial charge is 0.351 e. The van der Waals surface area contributed by atoms with Gasteiger partial charge in [-0.3, -0.25) is 4.79 Å². The van der Waals surface area contributed by atoms with Crippen molar-refractivity contribution in [1.82, 2.24) is 10.6 Å². The molecule has 2 fully saturated rings. The zero-order valence-corrected chi connectivity index (χ0v) is 11.0. The van der Waals surface area contributed by atoms with Crippen LogP contribution in [0.3, 0.4) is 0 Å². The SMILES string of the molecule is CC1(NC(=O)C2CCS(=O)(=O)C2)CCNCC1. The minimum absolute atomic E-state index is 0.0210. The first-order valence-corrected chi connectivity index (χ1v) is 7.96. The molecule has 0 aliphatic carbocycles. The third kappa shape index (κ3) is 3.19. The highest BCUT2D eigenvalue weighted by atomic mass is 32.2. The minimum Gasteiger partial charge on any atom is -0.351 e. The van der Waals surface area contributed by atoms with Crippen molar-refractivity contribution < 1.29 is 13.2 Å². The molecule has 2 saturated heterocycles. The van der Waals surface area contributed by atoms with Gasteiger partial charge in [-0.1, -0.05) is 0 Å². The van der Waals surface area contributed by atoms with Gasteiger partial charge in [0.05, 0.1) is 17.4 Å². The molecule has 1 atom stereocenters. The first-order chi connectivity index (χ1) is 7.90. The van der Waals surface area contributed by atoms with Crippen molar-refractivity contribution in [3.05, 3.63) is 0 Å². The summed E-state index contributed by atoms with van der Waals surface area (Å²) in [6.45, 7) is 3.84. The summed E-state index contributed by atoms with van der Waals surface area (Å²) >= 11 is 0. The Morgan fingerprint density at radius 2 is 2.00 bits per heavy atom. The summed E-state index contributed by atoms with van der Waals surface area (Å²) in [6.07, 6.45) is 2.28. The maximum absolute atomic E-state index is 12.0. The normalized spacial score (nSPS) is 31.0. The zero-order valence-electron chi connectivity index (χ0n) is 10.2. The third-order valence-electron chi connectivity index (χ3n) is 3.74. The van der Waals surface area contributed by atoms with Crippen LogP contribution in [0.4, 0.5) is 0 Å². The fraction of sp³-hybridized carbons (Fsp3) is 0.909. The molecule has 1 amide bonds. The number of carbonyl (C=O) groups excluding carboxylic acids is 1. The highest BCUT2D eigenvalue weighted by Crippen LogP contribution is 2.22. The Morgan fingerprint density at radius 3 is 2.53 bits per heavy atom. The summed E-state index contributed by atoms with van der Waals surface area (Å²) < 4.78 is 22.7. The van der Waals surface area contributed by atoms with E-state index >= 15 is 0 Å². The Hall–Kier alpha value is -0.620. The molecular formula is C11H20N2O3S. The smallest absolute Gasteiger partial charge is 0.224 e. The van der Waals surface area contributed by atoms with Gasteiger partial charge in [-0.25, -0.2) is 8.42 Å². The summed E-state index contributed by atoms with van der Waals surface area (Å²) in [4.78, 5) is 12.0. The highest BCUT2D eigenvalue weighted by molar-refractivity contribution is 7.91. The van der Waals surface area contributed by atoms with Gasteiger partial charge in [0.15, 0.2) is 9.84 Å². The van der Waals surface area contributed by atoms with Crippen LogP contribution in [0.2, 0.25) is 0 Å². The summed E-state index contributed by atoms with van der Waals surface area (Å²) in [6, 6.07) is 0. The van der Waals surface area contributed by atoms with Crippen molar-refractivity contribution in [1.29, 1.82) is 0 Å². The molecule has 0 radical (unpaired) electrons. The van der Waals surface area contributed by atoms with Crippen LogP contribution in [0.5, 0.6) is 0 Å². The van der Waals surface area contributed by atoms with Crippen molar-refractivity contribution >= 4 is 15.7 Å². The van der Waals surface area contributed by atoms with Gasteiger partial charge >= 0.3 is 0 Å². The van der Waals surface area contributed by atoms with Gasteiger partial charge in [-0.15, -0.1) is 0 Å². The average Bonchev–Trinajstić information content (AvgIpc) is 2.59. The Morgan fingerprint density at radius 1 is 1.35 bits per heavy atom. The molecular weight excluding hydrogens is 240 g/mol. The number of hydrogen-bond donors (Lipinski definition) is 2. The van der Waals surface area contributed by atoms with E-state index in [0.29, 0.717) is 6.42 Å². The van der Waals surface area contributed by atoms with Gasteiger partial charge in [-0.05, 0) is 39.3 Å². The first-order valence-electron chi connectivity index (χ1n) is 6.13. The second kappa shape index (κ2) is 4.57. The quantitative estimate of drug-likeness (QED) is 0.713. The number of piperidine rings is 1. The molecule has 5 nitrogen and oxygen atoms in total. The van der Waals surface area contributed by atoms with E-state index in [1.807, 2.05) is 6.92 Å². The second-order valence-corrected chi connectivity index (χ2v) is 7.63. The fourth-order valence-electron chi connectivity index (χ4n) is 2.50. The highest BCUT2D eigenvalue weighted by Gasteiger charge is 2.36. The number of sulfone groups is 1. The van der Waals surface area contributed by atoms with Crippen LogP contribution >= 0.6 is 0 Å². The minimum atomic E-state index is -2.97. The molecule has 2 heterocycles. The van der Waals surface area contributed by atoms with E-state index in [4.69, 9.17) is 0 Å². The van der Waals surface area contributed by atoms with E-state index in [1.165, 1.54) is 0 Å².